The van der Waals surface area contributed by atoms with Gasteiger partial charge in [0.2, 0.25) is 0 Å². The van der Waals surface area contributed by atoms with E-state index in [4.69, 9.17) is 0 Å². The Hall–Kier alpha value is -3.38. The van der Waals surface area contributed by atoms with Crippen LogP contribution in [0.3, 0.4) is 0 Å². The number of rotatable bonds is 3. The quantitative estimate of drug-likeness (QED) is 0.360. The summed E-state index contributed by atoms with van der Waals surface area (Å²) in [7, 11) is 0. The van der Waals surface area contributed by atoms with Crippen LogP contribution in [0.4, 0.5) is 5.69 Å². The van der Waals surface area contributed by atoms with Gasteiger partial charge in [0, 0.05) is 6.21 Å². The molecule has 0 radical (unpaired) electrons. The van der Waals surface area contributed by atoms with Crippen LogP contribution in [0.25, 0.3) is 20.8 Å². The zero-order valence-corrected chi connectivity index (χ0v) is 14.3. The van der Waals surface area contributed by atoms with Gasteiger partial charge in [-0.25, -0.2) is 4.98 Å². The number of hydrogen-bond acceptors (Lipinski definition) is 6. The summed E-state index contributed by atoms with van der Waals surface area (Å²) >= 11 is 1.51. The third-order valence-electron chi connectivity index (χ3n) is 3.87. The lowest BCUT2D eigenvalue weighted by Crippen LogP contribution is -1.81. The van der Waals surface area contributed by atoms with Crippen molar-refractivity contribution < 1.29 is 15.3 Å². The van der Waals surface area contributed by atoms with E-state index in [-0.39, 0.29) is 17.2 Å². The number of aromatic hydroxyl groups is 3. The first-order chi connectivity index (χ1) is 12.6. The molecule has 0 unspecified atom stereocenters. The summed E-state index contributed by atoms with van der Waals surface area (Å²) in [5.41, 5.74) is 2.80. The van der Waals surface area contributed by atoms with E-state index in [0.717, 1.165) is 15.2 Å². The minimum absolute atomic E-state index is 0.144. The smallest absolute Gasteiger partial charge is 0.158 e. The Morgan fingerprint density at radius 2 is 1.65 bits per heavy atom. The molecule has 4 rings (SSSR count). The fraction of sp³-hybridized carbons (Fsp3) is 0. The molecule has 26 heavy (non-hydrogen) atoms. The Morgan fingerprint density at radius 3 is 2.46 bits per heavy atom. The van der Waals surface area contributed by atoms with Crippen molar-refractivity contribution in [1.29, 1.82) is 0 Å². The minimum atomic E-state index is -0.199. The third kappa shape index (κ3) is 3.10. The molecule has 1 heterocycles. The Labute approximate surface area is 153 Å². The summed E-state index contributed by atoms with van der Waals surface area (Å²) in [4.78, 5) is 8.95. The maximum atomic E-state index is 10.2. The van der Waals surface area contributed by atoms with Crippen molar-refractivity contribution in [3.05, 3.63) is 66.2 Å². The van der Waals surface area contributed by atoms with Crippen LogP contribution >= 0.6 is 11.3 Å². The Bertz CT molecular complexity index is 1100. The van der Waals surface area contributed by atoms with E-state index in [1.54, 1.807) is 30.5 Å². The molecule has 0 aliphatic rings. The van der Waals surface area contributed by atoms with Gasteiger partial charge in [0.15, 0.2) is 11.5 Å². The molecular weight excluding hydrogens is 348 g/mol. The summed E-state index contributed by atoms with van der Waals surface area (Å²) < 4.78 is 1.05. The summed E-state index contributed by atoms with van der Waals surface area (Å²) in [5, 5.41) is 29.8. The van der Waals surface area contributed by atoms with Crippen molar-refractivity contribution in [2.24, 2.45) is 4.99 Å². The van der Waals surface area contributed by atoms with E-state index in [9.17, 15) is 15.3 Å². The molecule has 0 atom stereocenters. The van der Waals surface area contributed by atoms with Crippen LogP contribution in [0, 0.1) is 0 Å². The van der Waals surface area contributed by atoms with Gasteiger partial charge in [-0.3, -0.25) is 4.99 Å². The molecule has 4 aromatic rings. The molecule has 6 heteroatoms. The van der Waals surface area contributed by atoms with Crippen LogP contribution in [0.2, 0.25) is 0 Å². The van der Waals surface area contributed by atoms with E-state index in [0.29, 0.717) is 16.8 Å². The number of thiazole rings is 1. The summed E-state index contributed by atoms with van der Waals surface area (Å²) in [6.45, 7) is 0. The molecule has 0 spiro atoms. The average molecular weight is 362 g/mol. The monoisotopic (exact) mass is 362 g/mol. The van der Waals surface area contributed by atoms with E-state index >= 15 is 0 Å². The van der Waals surface area contributed by atoms with Crippen LogP contribution in [-0.2, 0) is 0 Å². The molecule has 1 aromatic heterocycles. The number of fused-ring (bicyclic) bond motifs is 1. The van der Waals surface area contributed by atoms with E-state index < -0.39 is 0 Å². The molecule has 0 amide bonds. The minimum Gasteiger partial charge on any atom is -0.507 e. The topological polar surface area (TPSA) is 85.9 Å². The Balaban J connectivity index is 1.69. The van der Waals surface area contributed by atoms with E-state index in [2.05, 4.69) is 9.98 Å². The van der Waals surface area contributed by atoms with Gasteiger partial charge >= 0.3 is 0 Å². The highest BCUT2D eigenvalue weighted by Gasteiger charge is 2.11. The van der Waals surface area contributed by atoms with Crippen LogP contribution in [0.5, 0.6) is 17.2 Å². The Kier molecular flexibility index (Phi) is 4.02. The van der Waals surface area contributed by atoms with Gasteiger partial charge in [-0.15, -0.1) is 11.3 Å². The predicted octanol–water partition coefficient (Wildman–Crippen LogP) is 4.83. The third-order valence-corrected chi connectivity index (χ3v) is 4.94. The largest absolute Gasteiger partial charge is 0.507 e. The van der Waals surface area contributed by atoms with Crippen molar-refractivity contribution in [2.45, 2.75) is 0 Å². The van der Waals surface area contributed by atoms with Crippen LogP contribution < -0.4 is 0 Å². The van der Waals surface area contributed by atoms with Gasteiger partial charge in [0.05, 0.1) is 21.5 Å². The van der Waals surface area contributed by atoms with Crippen LogP contribution in [0.15, 0.2) is 65.7 Å². The molecule has 5 nitrogen and oxygen atoms in total. The number of phenols is 3. The number of benzene rings is 3. The highest BCUT2D eigenvalue weighted by Crippen LogP contribution is 2.37. The molecule has 0 bridgehead atoms. The first-order valence-electron chi connectivity index (χ1n) is 7.85. The number of nitrogens with zero attached hydrogens (tertiary/aromatic N) is 2. The van der Waals surface area contributed by atoms with Gasteiger partial charge in [0.1, 0.15) is 10.8 Å². The summed E-state index contributed by atoms with van der Waals surface area (Å²) in [6.07, 6.45) is 1.58. The van der Waals surface area contributed by atoms with Gasteiger partial charge in [-0.2, -0.15) is 0 Å². The second-order valence-electron chi connectivity index (χ2n) is 5.69. The maximum absolute atomic E-state index is 10.2. The van der Waals surface area contributed by atoms with Crippen molar-refractivity contribution in [2.75, 3.05) is 0 Å². The number of phenolic OH excluding ortho intramolecular Hbond substituents is 3. The first-order valence-corrected chi connectivity index (χ1v) is 8.67. The number of aliphatic imine (C=N–C) groups is 1. The molecule has 0 saturated carbocycles. The van der Waals surface area contributed by atoms with Crippen molar-refractivity contribution >= 4 is 33.5 Å². The standard InChI is InChI=1S/C20H14N2O3S/c23-16-8-6-13(21-11-12-5-7-17(24)18(25)9-12)10-14(16)20-22-15-3-1-2-4-19(15)26-20/h1-11,23-25H. The first kappa shape index (κ1) is 16.1. The lowest BCUT2D eigenvalue weighted by molar-refractivity contribution is 0.403. The zero-order valence-electron chi connectivity index (χ0n) is 13.5. The summed E-state index contributed by atoms with van der Waals surface area (Å²) in [6, 6.07) is 17.3. The average Bonchev–Trinajstić information content (AvgIpc) is 3.07. The molecule has 3 aromatic carbocycles. The molecule has 0 aliphatic carbocycles. The lowest BCUT2D eigenvalue weighted by atomic mass is 10.2. The van der Waals surface area contributed by atoms with Crippen LogP contribution in [-0.4, -0.2) is 26.5 Å². The van der Waals surface area contributed by atoms with Gasteiger partial charge < -0.3 is 15.3 Å². The maximum Gasteiger partial charge on any atom is 0.158 e. The second-order valence-corrected chi connectivity index (χ2v) is 6.73. The van der Waals surface area contributed by atoms with E-state index in [1.165, 1.54) is 23.5 Å². The number of para-hydroxylation sites is 1. The van der Waals surface area contributed by atoms with Gasteiger partial charge in [-0.1, -0.05) is 12.1 Å². The summed E-state index contributed by atoms with van der Waals surface area (Å²) in [5.74, 6) is -0.231. The lowest BCUT2D eigenvalue weighted by Gasteiger charge is -2.03. The molecule has 0 saturated heterocycles. The van der Waals surface area contributed by atoms with Gasteiger partial charge in [0.25, 0.3) is 0 Å². The fourth-order valence-electron chi connectivity index (χ4n) is 2.53. The van der Waals surface area contributed by atoms with Gasteiger partial charge in [-0.05, 0) is 54.1 Å². The second kappa shape index (κ2) is 6.50. The van der Waals surface area contributed by atoms with Crippen LogP contribution in [0.1, 0.15) is 5.56 Å². The molecule has 0 aliphatic heterocycles. The molecule has 0 fully saturated rings. The zero-order chi connectivity index (χ0) is 18.1. The fourth-order valence-corrected chi connectivity index (χ4v) is 3.52. The highest BCUT2D eigenvalue weighted by molar-refractivity contribution is 7.21. The molecule has 3 N–H and O–H groups in total. The van der Waals surface area contributed by atoms with E-state index in [1.807, 2.05) is 24.3 Å². The number of aromatic nitrogens is 1. The number of hydrogen-bond donors (Lipinski definition) is 3. The molecular formula is C20H14N2O3S. The predicted molar refractivity (Wildman–Crippen MR) is 104 cm³/mol. The van der Waals surface area contributed by atoms with Crippen molar-refractivity contribution in [3.63, 3.8) is 0 Å². The van der Waals surface area contributed by atoms with Crippen molar-refractivity contribution in [3.8, 4) is 27.8 Å². The SMILES string of the molecule is Oc1ccc(C=Nc2ccc(O)c(-c3nc4ccccc4s3)c2)cc1O. The normalized spacial score (nSPS) is 11.4. The molecule has 128 valence electrons. The Morgan fingerprint density at radius 1 is 0.846 bits per heavy atom. The highest BCUT2D eigenvalue weighted by atomic mass is 32.1. The van der Waals surface area contributed by atoms with Crippen molar-refractivity contribution in [1.82, 2.24) is 4.98 Å².